The summed E-state index contributed by atoms with van der Waals surface area (Å²) in [5.41, 5.74) is 1.40. The van der Waals surface area contributed by atoms with E-state index in [0.717, 1.165) is 31.5 Å². The van der Waals surface area contributed by atoms with Crippen molar-refractivity contribution < 1.29 is 13.9 Å². The van der Waals surface area contributed by atoms with Gasteiger partial charge in [-0.3, -0.25) is 9.69 Å². The van der Waals surface area contributed by atoms with E-state index in [4.69, 9.17) is 4.74 Å². The lowest BCUT2D eigenvalue weighted by Gasteiger charge is -2.30. The van der Waals surface area contributed by atoms with E-state index in [1.165, 1.54) is 6.07 Å². The SMILES string of the molecule is COC1CCN(CC(=O)NCc2ccc(C)c(F)c2)CC1. The normalized spacial score (nSPS) is 16.9. The third kappa shape index (κ3) is 4.79. The van der Waals surface area contributed by atoms with Crippen LogP contribution in [0.1, 0.15) is 24.0 Å². The van der Waals surface area contributed by atoms with Gasteiger partial charge < -0.3 is 10.1 Å². The number of methoxy groups -OCH3 is 1. The van der Waals surface area contributed by atoms with Crippen LogP contribution in [0.2, 0.25) is 0 Å². The molecule has 0 atom stereocenters. The van der Waals surface area contributed by atoms with Crippen LogP contribution in [0, 0.1) is 12.7 Å². The molecule has 2 rings (SSSR count). The fraction of sp³-hybridized carbons (Fsp3) is 0.562. The molecule has 1 aromatic rings. The highest BCUT2D eigenvalue weighted by atomic mass is 19.1. The van der Waals surface area contributed by atoms with Gasteiger partial charge in [-0.15, -0.1) is 0 Å². The lowest BCUT2D eigenvalue weighted by Crippen LogP contribution is -2.42. The summed E-state index contributed by atoms with van der Waals surface area (Å²) in [7, 11) is 1.73. The molecule has 0 bridgehead atoms. The van der Waals surface area contributed by atoms with Crippen molar-refractivity contribution in [2.75, 3.05) is 26.7 Å². The number of nitrogens with one attached hydrogen (secondary N) is 1. The molecule has 0 saturated carbocycles. The lowest BCUT2D eigenvalue weighted by molar-refractivity contribution is -0.123. The van der Waals surface area contributed by atoms with Crippen molar-refractivity contribution in [2.45, 2.75) is 32.4 Å². The molecule has 0 unspecified atom stereocenters. The molecular weight excluding hydrogens is 271 g/mol. The van der Waals surface area contributed by atoms with Crippen LogP contribution in [0.4, 0.5) is 4.39 Å². The minimum atomic E-state index is -0.233. The number of ether oxygens (including phenoxy) is 1. The van der Waals surface area contributed by atoms with E-state index in [9.17, 15) is 9.18 Å². The first-order valence-electron chi connectivity index (χ1n) is 7.35. The van der Waals surface area contributed by atoms with Crippen LogP contribution >= 0.6 is 0 Å². The fourth-order valence-corrected chi connectivity index (χ4v) is 2.51. The van der Waals surface area contributed by atoms with E-state index in [1.54, 1.807) is 20.1 Å². The first kappa shape index (κ1) is 15.9. The maximum atomic E-state index is 13.4. The number of amides is 1. The van der Waals surface area contributed by atoms with E-state index in [2.05, 4.69) is 10.2 Å². The predicted octanol–water partition coefficient (Wildman–Crippen LogP) is 1.86. The Kier molecular flexibility index (Phi) is 5.70. The molecule has 1 heterocycles. The van der Waals surface area contributed by atoms with Gasteiger partial charge in [0.05, 0.1) is 12.6 Å². The van der Waals surface area contributed by atoms with Crippen molar-refractivity contribution in [1.29, 1.82) is 0 Å². The number of hydrogen-bond donors (Lipinski definition) is 1. The Hall–Kier alpha value is -1.46. The largest absolute Gasteiger partial charge is 0.381 e. The summed E-state index contributed by atoms with van der Waals surface area (Å²) in [5, 5.41) is 2.84. The Morgan fingerprint density at radius 1 is 1.43 bits per heavy atom. The molecule has 0 aromatic heterocycles. The van der Waals surface area contributed by atoms with Crippen LogP contribution < -0.4 is 5.32 Å². The van der Waals surface area contributed by atoms with Crippen molar-refractivity contribution >= 4 is 5.91 Å². The Morgan fingerprint density at radius 3 is 2.76 bits per heavy atom. The molecule has 0 spiro atoms. The molecule has 0 radical (unpaired) electrons. The number of hydrogen-bond acceptors (Lipinski definition) is 3. The second-order valence-electron chi connectivity index (χ2n) is 5.57. The molecule has 116 valence electrons. The van der Waals surface area contributed by atoms with Gasteiger partial charge in [-0.2, -0.15) is 0 Å². The number of halogens is 1. The summed E-state index contributed by atoms with van der Waals surface area (Å²) >= 11 is 0. The Labute approximate surface area is 125 Å². The third-order valence-corrected chi connectivity index (χ3v) is 3.96. The molecule has 1 fully saturated rings. The van der Waals surface area contributed by atoms with Gasteiger partial charge in [0.15, 0.2) is 0 Å². The molecule has 1 aromatic carbocycles. The van der Waals surface area contributed by atoms with Crippen LogP contribution in [-0.2, 0) is 16.1 Å². The number of piperidine rings is 1. The first-order chi connectivity index (χ1) is 10.1. The Bertz CT molecular complexity index is 485. The Morgan fingerprint density at radius 2 is 2.14 bits per heavy atom. The van der Waals surface area contributed by atoms with Crippen molar-refractivity contribution in [3.8, 4) is 0 Å². The first-order valence-corrected chi connectivity index (χ1v) is 7.35. The molecule has 1 aliphatic rings. The minimum absolute atomic E-state index is 0.0214. The summed E-state index contributed by atoms with van der Waals surface area (Å²) in [5.74, 6) is -0.254. The third-order valence-electron chi connectivity index (χ3n) is 3.96. The highest BCUT2D eigenvalue weighted by Crippen LogP contribution is 2.12. The van der Waals surface area contributed by atoms with Gasteiger partial charge in [-0.1, -0.05) is 12.1 Å². The van der Waals surface area contributed by atoms with Crippen LogP contribution in [-0.4, -0.2) is 43.7 Å². The van der Waals surface area contributed by atoms with Crippen molar-refractivity contribution in [3.05, 3.63) is 35.1 Å². The Balaban J connectivity index is 1.73. The fourth-order valence-electron chi connectivity index (χ4n) is 2.51. The number of carbonyl (C=O) groups is 1. The van der Waals surface area contributed by atoms with Crippen molar-refractivity contribution in [3.63, 3.8) is 0 Å². The van der Waals surface area contributed by atoms with Gasteiger partial charge >= 0.3 is 0 Å². The summed E-state index contributed by atoms with van der Waals surface area (Å²) in [4.78, 5) is 14.0. The average molecular weight is 294 g/mol. The minimum Gasteiger partial charge on any atom is -0.381 e. The van der Waals surface area contributed by atoms with Crippen LogP contribution in [0.5, 0.6) is 0 Å². The van der Waals surface area contributed by atoms with E-state index in [-0.39, 0.29) is 11.7 Å². The standard InChI is InChI=1S/C16H23FN2O2/c1-12-3-4-13(9-15(12)17)10-18-16(20)11-19-7-5-14(21-2)6-8-19/h3-4,9,14H,5-8,10-11H2,1-2H3,(H,18,20). The van der Waals surface area contributed by atoms with E-state index in [1.807, 2.05) is 6.07 Å². The maximum absolute atomic E-state index is 13.4. The smallest absolute Gasteiger partial charge is 0.234 e. The molecule has 0 aliphatic carbocycles. The van der Waals surface area contributed by atoms with Gasteiger partial charge in [0.1, 0.15) is 5.82 Å². The summed E-state index contributed by atoms with van der Waals surface area (Å²) in [6.07, 6.45) is 2.25. The molecular formula is C16H23FN2O2. The number of carbonyl (C=O) groups excluding carboxylic acids is 1. The van der Waals surface area contributed by atoms with Crippen molar-refractivity contribution in [2.24, 2.45) is 0 Å². The van der Waals surface area contributed by atoms with Gasteiger partial charge in [0, 0.05) is 26.7 Å². The number of nitrogens with zero attached hydrogens (tertiary/aromatic N) is 1. The molecule has 1 aliphatic heterocycles. The van der Waals surface area contributed by atoms with Crippen LogP contribution in [0.3, 0.4) is 0 Å². The topological polar surface area (TPSA) is 41.6 Å². The quantitative estimate of drug-likeness (QED) is 0.901. The summed E-state index contributed by atoms with van der Waals surface area (Å²) in [6, 6.07) is 5.04. The van der Waals surface area contributed by atoms with Crippen molar-refractivity contribution in [1.82, 2.24) is 10.2 Å². The van der Waals surface area contributed by atoms with E-state index in [0.29, 0.717) is 24.8 Å². The monoisotopic (exact) mass is 294 g/mol. The highest BCUT2D eigenvalue weighted by Gasteiger charge is 2.20. The molecule has 1 saturated heterocycles. The molecule has 4 nitrogen and oxygen atoms in total. The molecule has 1 amide bonds. The zero-order chi connectivity index (χ0) is 15.2. The zero-order valence-electron chi connectivity index (χ0n) is 12.7. The number of likely N-dealkylation sites (tertiary alicyclic amines) is 1. The zero-order valence-corrected chi connectivity index (χ0v) is 12.7. The molecule has 5 heteroatoms. The van der Waals surface area contributed by atoms with Gasteiger partial charge in [0.25, 0.3) is 0 Å². The number of rotatable bonds is 5. The average Bonchev–Trinajstić information content (AvgIpc) is 2.49. The predicted molar refractivity (Wildman–Crippen MR) is 79.5 cm³/mol. The second-order valence-corrected chi connectivity index (χ2v) is 5.57. The van der Waals surface area contributed by atoms with Gasteiger partial charge in [0.2, 0.25) is 5.91 Å². The summed E-state index contributed by atoms with van der Waals surface area (Å²) < 4.78 is 18.7. The van der Waals surface area contributed by atoms with E-state index < -0.39 is 0 Å². The lowest BCUT2D eigenvalue weighted by atomic mass is 10.1. The van der Waals surface area contributed by atoms with E-state index >= 15 is 0 Å². The van der Waals surface area contributed by atoms with Gasteiger partial charge in [-0.25, -0.2) is 4.39 Å². The second kappa shape index (κ2) is 7.52. The molecule has 1 N–H and O–H groups in total. The summed E-state index contributed by atoms with van der Waals surface area (Å²) in [6.45, 7) is 4.24. The number of aryl methyl sites for hydroxylation is 1. The number of benzene rings is 1. The maximum Gasteiger partial charge on any atom is 0.234 e. The van der Waals surface area contributed by atoms with Crippen LogP contribution in [0.15, 0.2) is 18.2 Å². The molecule has 21 heavy (non-hydrogen) atoms. The van der Waals surface area contributed by atoms with Crippen LogP contribution in [0.25, 0.3) is 0 Å². The highest BCUT2D eigenvalue weighted by molar-refractivity contribution is 5.78. The van der Waals surface area contributed by atoms with Gasteiger partial charge in [-0.05, 0) is 37.0 Å².